The summed E-state index contributed by atoms with van der Waals surface area (Å²) in [6.07, 6.45) is 4.50. The predicted molar refractivity (Wildman–Crippen MR) is 251 cm³/mol. The first-order valence-corrected chi connectivity index (χ1v) is 26.9. The lowest BCUT2D eigenvalue weighted by Crippen LogP contribution is -2.26. The number of esters is 4. The third kappa shape index (κ3) is 20.9. The van der Waals surface area contributed by atoms with Gasteiger partial charge in [0, 0.05) is 11.5 Å². The van der Waals surface area contributed by atoms with E-state index in [1.165, 1.54) is 23.5 Å². The van der Waals surface area contributed by atoms with Gasteiger partial charge in [-0.05, 0) is 131 Å². The standard InChI is InChI=1S/2C22H37O9PS/c2*1-8-9-10-17-16(11-15(12-33-17)18(23)24)32(27,30-13-28-19(25)21(2,3)4)31-14-29-20(26)22(5,6)7/h2*15H,8-14H2,1-7H3,(H,23,24)/t2*15-/m00/s1. The first-order chi connectivity index (χ1) is 30.2. The fourth-order valence-electron chi connectivity index (χ4n) is 5.18. The number of aliphatic carboxylic acids is 2. The zero-order chi connectivity index (χ0) is 50.9. The van der Waals surface area contributed by atoms with Gasteiger partial charge in [-0.15, -0.1) is 23.5 Å². The molecule has 18 nitrogen and oxygen atoms in total. The summed E-state index contributed by atoms with van der Waals surface area (Å²) in [5.41, 5.74) is -3.18. The molecule has 0 aromatic rings. The first-order valence-electron chi connectivity index (χ1n) is 21.9. The second kappa shape index (κ2) is 26.9. The lowest BCUT2D eigenvalue weighted by molar-refractivity contribution is -0.163. The number of allylic oxidation sites excluding steroid dienone is 4. The lowest BCUT2D eigenvalue weighted by Gasteiger charge is -2.29. The second-order valence-electron chi connectivity index (χ2n) is 19.8. The summed E-state index contributed by atoms with van der Waals surface area (Å²) in [7, 11) is -8.29. The molecule has 2 aliphatic heterocycles. The number of carbonyl (C=O) groups excluding carboxylic acids is 4. The quantitative estimate of drug-likeness (QED) is 0.0442. The molecule has 0 radical (unpaired) electrons. The van der Waals surface area contributed by atoms with Crippen molar-refractivity contribution < 1.29 is 85.2 Å². The van der Waals surface area contributed by atoms with Crippen molar-refractivity contribution in [2.24, 2.45) is 33.5 Å². The summed E-state index contributed by atoms with van der Waals surface area (Å²) in [6.45, 7) is 21.4. The Morgan fingerprint density at radius 2 is 0.742 bits per heavy atom. The van der Waals surface area contributed by atoms with E-state index in [1.807, 2.05) is 13.8 Å². The van der Waals surface area contributed by atoms with Gasteiger partial charge in [-0.1, -0.05) is 26.7 Å². The molecule has 380 valence electrons. The molecular weight excluding hydrogens is 943 g/mol. The average Bonchev–Trinajstić information content (AvgIpc) is 3.20. The first kappa shape index (κ1) is 61.3. The minimum Gasteiger partial charge on any atom is -0.481 e. The molecule has 66 heavy (non-hydrogen) atoms. The second-order valence-corrected chi connectivity index (χ2v) is 26.1. The van der Waals surface area contributed by atoms with Crippen LogP contribution in [0.2, 0.25) is 0 Å². The van der Waals surface area contributed by atoms with Crippen molar-refractivity contribution in [2.75, 3.05) is 38.7 Å². The van der Waals surface area contributed by atoms with Crippen molar-refractivity contribution in [3.8, 4) is 0 Å². The number of hydrogen-bond donors (Lipinski definition) is 2. The fraction of sp³-hybridized carbons (Fsp3) is 0.773. The minimum atomic E-state index is -4.14. The summed E-state index contributed by atoms with van der Waals surface area (Å²) in [6, 6.07) is 0. The van der Waals surface area contributed by atoms with Crippen LogP contribution in [0.4, 0.5) is 0 Å². The van der Waals surface area contributed by atoms with Crippen molar-refractivity contribution in [3.05, 3.63) is 20.4 Å². The summed E-state index contributed by atoms with van der Waals surface area (Å²) < 4.78 is 70.1. The lowest BCUT2D eigenvalue weighted by atomic mass is 9.98. The number of carboxylic acid groups (broad SMARTS) is 2. The van der Waals surface area contributed by atoms with Crippen LogP contribution in [0.1, 0.15) is 148 Å². The molecule has 2 atom stereocenters. The van der Waals surface area contributed by atoms with Gasteiger partial charge in [0.1, 0.15) is 0 Å². The van der Waals surface area contributed by atoms with E-state index >= 15 is 0 Å². The Morgan fingerprint density at radius 3 is 0.939 bits per heavy atom. The minimum absolute atomic E-state index is 0.0287. The highest BCUT2D eigenvalue weighted by Gasteiger charge is 2.42. The van der Waals surface area contributed by atoms with Crippen molar-refractivity contribution >= 4 is 74.5 Å². The van der Waals surface area contributed by atoms with E-state index in [4.69, 9.17) is 37.0 Å². The largest absolute Gasteiger partial charge is 0.481 e. The molecule has 0 aromatic heterocycles. The molecule has 2 rings (SSSR count). The predicted octanol–water partition coefficient (Wildman–Crippen LogP) is 11.1. The normalized spacial score (nSPS) is 17.6. The molecule has 0 aliphatic carbocycles. The molecule has 0 unspecified atom stereocenters. The van der Waals surface area contributed by atoms with E-state index in [9.17, 15) is 48.1 Å². The molecule has 0 bridgehead atoms. The van der Waals surface area contributed by atoms with Gasteiger partial charge in [-0.3, -0.25) is 56.0 Å². The zero-order valence-corrected chi connectivity index (χ0v) is 44.6. The highest BCUT2D eigenvalue weighted by molar-refractivity contribution is 8.03. The molecule has 2 heterocycles. The summed E-state index contributed by atoms with van der Waals surface area (Å²) in [5.74, 6) is -5.13. The van der Waals surface area contributed by atoms with E-state index in [0.29, 0.717) is 24.3 Å². The number of rotatable bonds is 22. The van der Waals surface area contributed by atoms with E-state index in [2.05, 4.69) is 0 Å². The van der Waals surface area contributed by atoms with Gasteiger partial charge in [0.2, 0.25) is 27.2 Å². The molecule has 22 heteroatoms. The fourth-order valence-corrected chi connectivity index (χ4v) is 11.9. The van der Waals surface area contributed by atoms with Crippen LogP contribution in [-0.4, -0.2) is 84.7 Å². The highest BCUT2D eigenvalue weighted by atomic mass is 32.2. The molecule has 0 saturated heterocycles. The number of carbonyl (C=O) groups is 6. The summed E-state index contributed by atoms with van der Waals surface area (Å²) in [4.78, 5) is 73.1. The van der Waals surface area contributed by atoms with Crippen LogP contribution in [0.15, 0.2) is 20.4 Å². The van der Waals surface area contributed by atoms with E-state index < -0.39 is 112 Å². The van der Waals surface area contributed by atoms with Crippen molar-refractivity contribution in [3.63, 3.8) is 0 Å². The van der Waals surface area contributed by atoms with Gasteiger partial charge in [0.05, 0.1) is 44.1 Å². The molecule has 0 fully saturated rings. The average molecular weight is 1020 g/mol. The third-order valence-electron chi connectivity index (χ3n) is 9.42. The van der Waals surface area contributed by atoms with Crippen LogP contribution < -0.4 is 0 Å². The van der Waals surface area contributed by atoms with E-state index in [-0.39, 0.29) is 23.5 Å². The zero-order valence-electron chi connectivity index (χ0n) is 41.2. The van der Waals surface area contributed by atoms with Gasteiger partial charge >= 0.3 is 51.0 Å². The molecule has 0 amide bonds. The monoisotopic (exact) mass is 1020 g/mol. The Balaban J connectivity index is 0.000000660. The van der Waals surface area contributed by atoms with Crippen molar-refractivity contribution in [1.29, 1.82) is 0 Å². The number of carboxylic acids is 2. The Hall–Kier alpha value is -2.70. The molecule has 0 aromatic carbocycles. The summed E-state index contributed by atoms with van der Waals surface area (Å²) >= 11 is 2.63. The third-order valence-corrected chi connectivity index (χ3v) is 16.5. The highest BCUT2D eigenvalue weighted by Crippen LogP contribution is 2.64. The van der Waals surface area contributed by atoms with Gasteiger partial charge in [0.15, 0.2) is 0 Å². The smallest absolute Gasteiger partial charge is 0.363 e. The number of unbranched alkanes of at least 4 members (excludes halogenated alkanes) is 2. The van der Waals surface area contributed by atoms with Gasteiger partial charge in [0.25, 0.3) is 0 Å². The molecule has 0 saturated carbocycles. The van der Waals surface area contributed by atoms with Crippen LogP contribution in [0.25, 0.3) is 0 Å². The Kier molecular flexibility index (Phi) is 25.0. The Labute approximate surface area is 399 Å². The van der Waals surface area contributed by atoms with Crippen LogP contribution >= 0.6 is 38.7 Å². The van der Waals surface area contributed by atoms with Crippen molar-refractivity contribution in [1.82, 2.24) is 0 Å². The van der Waals surface area contributed by atoms with Crippen LogP contribution in [0.5, 0.6) is 0 Å². The topological polar surface area (TPSA) is 251 Å². The maximum atomic E-state index is 13.9. The van der Waals surface area contributed by atoms with Gasteiger partial charge < -0.3 is 29.2 Å². The van der Waals surface area contributed by atoms with Crippen LogP contribution in [0.3, 0.4) is 0 Å². The Bertz CT molecular complexity index is 1650. The maximum absolute atomic E-state index is 13.9. The Morgan fingerprint density at radius 1 is 0.500 bits per heavy atom. The van der Waals surface area contributed by atoms with Gasteiger partial charge in [-0.25, -0.2) is 0 Å². The van der Waals surface area contributed by atoms with Gasteiger partial charge in [-0.2, -0.15) is 0 Å². The molecule has 2 aliphatic rings. The van der Waals surface area contributed by atoms with Crippen molar-refractivity contribution in [2.45, 2.75) is 148 Å². The van der Waals surface area contributed by atoms with Crippen LogP contribution in [-0.2, 0) is 74.9 Å². The van der Waals surface area contributed by atoms with E-state index in [0.717, 1.165) is 35.5 Å². The van der Waals surface area contributed by atoms with Crippen LogP contribution in [0, 0.1) is 33.5 Å². The molecular formula is C44H74O18P2S2. The maximum Gasteiger partial charge on any atom is 0.363 e. The molecule has 2 N–H and O–H groups in total. The number of hydrogen-bond acceptors (Lipinski definition) is 18. The number of ether oxygens (including phenoxy) is 4. The summed E-state index contributed by atoms with van der Waals surface area (Å²) in [5, 5.41) is 19.5. The van der Waals surface area contributed by atoms with E-state index in [1.54, 1.807) is 83.1 Å². The number of thioether (sulfide) groups is 2. The SMILES string of the molecule is CCCCC1=C(P(=O)(OCOC(=O)C(C)(C)C)OCOC(=O)C(C)(C)C)C[C@H](C(=O)O)CS1.CCCCC1=C(P(=O)(OCOC(=O)C(C)(C)C)OCOC(=O)C(C)(C)C)C[C@H](C(=O)O)CS1. The molecule has 0 spiro atoms.